The quantitative estimate of drug-likeness (QED) is 0.662. The fourth-order valence-electron chi connectivity index (χ4n) is 1.08. The second kappa shape index (κ2) is 4.45. The molecule has 14 heavy (non-hydrogen) atoms. The SMILES string of the molecule is NCC(O)C(O)c1ccc(F)cc1F. The van der Waals surface area contributed by atoms with Crippen LogP contribution in [-0.4, -0.2) is 22.9 Å². The van der Waals surface area contributed by atoms with Gasteiger partial charge in [0.2, 0.25) is 0 Å². The minimum atomic E-state index is -1.43. The van der Waals surface area contributed by atoms with E-state index in [-0.39, 0.29) is 12.1 Å². The second-order valence-corrected chi connectivity index (χ2v) is 2.91. The number of nitrogens with two attached hydrogens (primary N) is 1. The van der Waals surface area contributed by atoms with Crippen LogP contribution in [-0.2, 0) is 0 Å². The Morgan fingerprint density at radius 1 is 1.29 bits per heavy atom. The topological polar surface area (TPSA) is 66.5 Å². The minimum Gasteiger partial charge on any atom is -0.389 e. The molecule has 0 saturated carbocycles. The zero-order valence-corrected chi connectivity index (χ0v) is 7.32. The highest BCUT2D eigenvalue weighted by molar-refractivity contribution is 5.21. The molecule has 0 aliphatic heterocycles. The molecule has 5 heteroatoms. The van der Waals surface area contributed by atoms with Gasteiger partial charge in [-0.2, -0.15) is 0 Å². The molecule has 0 amide bonds. The number of hydrogen-bond donors (Lipinski definition) is 3. The van der Waals surface area contributed by atoms with E-state index in [4.69, 9.17) is 10.8 Å². The molecule has 0 heterocycles. The lowest BCUT2D eigenvalue weighted by Crippen LogP contribution is -2.27. The summed E-state index contributed by atoms with van der Waals surface area (Å²) in [7, 11) is 0. The molecule has 2 atom stereocenters. The molecule has 78 valence electrons. The second-order valence-electron chi connectivity index (χ2n) is 2.91. The van der Waals surface area contributed by atoms with Crippen molar-refractivity contribution in [1.82, 2.24) is 0 Å². The van der Waals surface area contributed by atoms with Crippen LogP contribution in [0.3, 0.4) is 0 Å². The monoisotopic (exact) mass is 203 g/mol. The van der Waals surface area contributed by atoms with Crippen LogP contribution in [0.15, 0.2) is 18.2 Å². The fourth-order valence-corrected chi connectivity index (χ4v) is 1.08. The molecule has 0 aliphatic rings. The summed E-state index contributed by atoms with van der Waals surface area (Å²) in [6.45, 7) is -0.196. The van der Waals surface area contributed by atoms with Gasteiger partial charge in [-0.05, 0) is 6.07 Å². The maximum Gasteiger partial charge on any atom is 0.132 e. The van der Waals surface area contributed by atoms with E-state index in [2.05, 4.69) is 0 Å². The Kier molecular flexibility index (Phi) is 3.51. The van der Waals surface area contributed by atoms with E-state index in [0.29, 0.717) is 6.07 Å². The highest BCUT2D eigenvalue weighted by Crippen LogP contribution is 2.20. The van der Waals surface area contributed by atoms with Gasteiger partial charge in [0.25, 0.3) is 0 Å². The third-order valence-corrected chi connectivity index (χ3v) is 1.89. The van der Waals surface area contributed by atoms with Crippen molar-refractivity contribution in [2.45, 2.75) is 12.2 Å². The van der Waals surface area contributed by atoms with Gasteiger partial charge < -0.3 is 15.9 Å². The van der Waals surface area contributed by atoms with Gasteiger partial charge in [-0.25, -0.2) is 8.78 Å². The maximum absolute atomic E-state index is 13.0. The normalized spacial score (nSPS) is 15.2. The summed E-state index contributed by atoms with van der Waals surface area (Å²) >= 11 is 0. The van der Waals surface area contributed by atoms with Crippen LogP contribution in [0.2, 0.25) is 0 Å². The average Bonchev–Trinajstić information content (AvgIpc) is 2.15. The molecule has 0 saturated heterocycles. The highest BCUT2D eigenvalue weighted by Gasteiger charge is 2.20. The van der Waals surface area contributed by atoms with Crippen LogP contribution in [0.1, 0.15) is 11.7 Å². The lowest BCUT2D eigenvalue weighted by atomic mass is 10.0. The van der Waals surface area contributed by atoms with Gasteiger partial charge in [0.15, 0.2) is 0 Å². The van der Waals surface area contributed by atoms with Gasteiger partial charge >= 0.3 is 0 Å². The summed E-state index contributed by atoms with van der Waals surface area (Å²) in [6.07, 6.45) is -2.68. The van der Waals surface area contributed by atoms with Gasteiger partial charge in [0.1, 0.15) is 17.7 Å². The maximum atomic E-state index is 13.0. The molecule has 0 radical (unpaired) electrons. The number of rotatable bonds is 3. The number of halogens is 2. The molecule has 0 fully saturated rings. The van der Waals surface area contributed by atoms with Crippen LogP contribution in [0.5, 0.6) is 0 Å². The van der Waals surface area contributed by atoms with Crippen molar-refractivity contribution in [3.63, 3.8) is 0 Å². The zero-order chi connectivity index (χ0) is 10.7. The molecule has 1 rings (SSSR count). The first-order chi connectivity index (χ1) is 6.56. The summed E-state index contributed by atoms with van der Waals surface area (Å²) in [4.78, 5) is 0. The Morgan fingerprint density at radius 3 is 2.43 bits per heavy atom. The number of aliphatic hydroxyl groups is 2. The summed E-state index contributed by atoms with van der Waals surface area (Å²) in [5, 5.41) is 18.5. The van der Waals surface area contributed by atoms with Gasteiger partial charge in [-0.15, -0.1) is 0 Å². The van der Waals surface area contributed by atoms with Crippen LogP contribution in [0.25, 0.3) is 0 Å². The highest BCUT2D eigenvalue weighted by atomic mass is 19.1. The third-order valence-electron chi connectivity index (χ3n) is 1.89. The molecule has 0 spiro atoms. The van der Waals surface area contributed by atoms with Crippen LogP contribution in [0, 0.1) is 11.6 Å². The lowest BCUT2D eigenvalue weighted by molar-refractivity contribution is 0.0221. The first-order valence-electron chi connectivity index (χ1n) is 4.07. The standard InChI is InChI=1S/C9H11F2NO2/c10-5-1-2-6(7(11)3-5)9(14)8(13)4-12/h1-3,8-9,13-14H,4,12H2. The summed E-state index contributed by atoms with van der Waals surface area (Å²) in [6, 6.07) is 2.72. The van der Waals surface area contributed by atoms with Crippen LogP contribution < -0.4 is 5.73 Å². The van der Waals surface area contributed by atoms with Crippen molar-refractivity contribution in [3.05, 3.63) is 35.4 Å². The third kappa shape index (κ3) is 2.25. The van der Waals surface area contributed by atoms with Crippen LogP contribution >= 0.6 is 0 Å². The Labute approximate surface area is 79.8 Å². The molecule has 0 aliphatic carbocycles. The molecular formula is C9H11F2NO2. The van der Waals surface area contributed by atoms with Crippen molar-refractivity contribution in [2.24, 2.45) is 5.73 Å². The summed E-state index contributed by atoms with van der Waals surface area (Å²) < 4.78 is 25.5. The van der Waals surface area contributed by atoms with E-state index in [0.717, 1.165) is 12.1 Å². The van der Waals surface area contributed by atoms with Gasteiger partial charge in [-0.3, -0.25) is 0 Å². The minimum absolute atomic E-state index is 0.163. The van der Waals surface area contributed by atoms with E-state index in [9.17, 15) is 13.9 Å². The van der Waals surface area contributed by atoms with Gasteiger partial charge in [0.05, 0.1) is 6.10 Å². The molecule has 4 N–H and O–H groups in total. The van der Waals surface area contributed by atoms with Crippen molar-refractivity contribution in [3.8, 4) is 0 Å². The molecule has 2 unspecified atom stereocenters. The molecule has 1 aromatic carbocycles. The Bertz CT molecular complexity index is 320. The number of aliphatic hydroxyl groups excluding tert-OH is 2. The smallest absolute Gasteiger partial charge is 0.132 e. The van der Waals surface area contributed by atoms with E-state index in [1.807, 2.05) is 0 Å². The van der Waals surface area contributed by atoms with E-state index in [1.165, 1.54) is 0 Å². The lowest BCUT2D eigenvalue weighted by Gasteiger charge is -2.16. The predicted molar refractivity (Wildman–Crippen MR) is 46.4 cm³/mol. The first-order valence-corrected chi connectivity index (χ1v) is 4.07. The molecule has 1 aromatic rings. The first kappa shape index (κ1) is 11.0. The summed E-state index contributed by atoms with van der Waals surface area (Å²) in [5.41, 5.74) is 4.92. The fraction of sp³-hybridized carbons (Fsp3) is 0.333. The number of hydrogen-bond acceptors (Lipinski definition) is 3. The Hall–Kier alpha value is -1.04. The predicted octanol–water partition coefficient (Wildman–Crippen LogP) is 0.318. The number of benzene rings is 1. The van der Waals surface area contributed by atoms with Crippen molar-refractivity contribution in [2.75, 3.05) is 6.54 Å². The van der Waals surface area contributed by atoms with E-state index in [1.54, 1.807) is 0 Å². The van der Waals surface area contributed by atoms with Crippen molar-refractivity contribution < 1.29 is 19.0 Å². The van der Waals surface area contributed by atoms with Gasteiger partial charge in [-0.1, -0.05) is 6.07 Å². The Balaban J connectivity index is 2.95. The van der Waals surface area contributed by atoms with Crippen molar-refractivity contribution >= 4 is 0 Å². The van der Waals surface area contributed by atoms with E-state index >= 15 is 0 Å². The zero-order valence-electron chi connectivity index (χ0n) is 7.32. The molecule has 0 bridgehead atoms. The molecule has 3 nitrogen and oxygen atoms in total. The largest absolute Gasteiger partial charge is 0.389 e. The van der Waals surface area contributed by atoms with E-state index < -0.39 is 23.8 Å². The summed E-state index contributed by atoms with van der Waals surface area (Å²) in [5.74, 6) is -1.63. The van der Waals surface area contributed by atoms with Crippen LogP contribution in [0.4, 0.5) is 8.78 Å². The Morgan fingerprint density at radius 2 is 1.93 bits per heavy atom. The van der Waals surface area contributed by atoms with Crippen molar-refractivity contribution in [1.29, 1.82) is 0 Å². The molecule has 0 aromatic heterocycles. The average molecular weight is 203 g/mol. The molecular weight excluding hydrogens is 192 g/mol. The van der Waals surface area contributed by atoms with Gasteiger partial charge in [0, 0.05) is 18.2 Å².